The lowest BCUT2D eigenvalue weighted by Crippen LogP contribution is -2.23. The summed E-state index contributed by atoms with van der Waals surface area (Å²) in [5.41, 5.74) is -4.45. The van der Waals surface area contributed by atoms with Gasteiger partial charge in [-0.15, -0.1) is 0 Å². The molecule has 0 radical (unpaired) electrons. The van der Waals surface area contributed by atoms with Gasteiger partial charge in [0.1, 0.15) is 17.1 Å². The van der Waals surface area contributed by atoms with Crippen LogP contribution in [0.25, 0.3) is 11.3 Å². The van der Waals surface area contributed by atoms with Gasteiger partial charge in [0.2, 0.25) is 17.0 Å². The Balaban J connectivity index is 2.41. The Kier molecular flexibility index (Phi) is 7.74. The Morgan fingerprint density at radius 1 is 0.973 bits per heavy atom. The van der Waals surface area contributed by atoms with Gasteiger partial charge < -0.3 is 23.9 Å². The average Bonchev–Trinajstić information content (AvgIpc) is 2.81. The molecule has 0 aliphatic carbocycles. The molecule has 0 atom stereocenters. The SMILES string of the molecule is CCOC(=O)c1c(-c2cc(F)c(C(F)(F)F)cc2Oc2ccc(F)c(F)c2OC)[nH]c(C)c(OC)c1=O. The minimum Gasteiger partial charge on any atom is -0.491 e. The van der Waals surface area contributed by atoms with Gasteiger partial charge in [-0.25, -0.2) is 13.6 Å². The number of rotatable bonds is 7. The van der Waals surface area contributed by atoms with Crippen molar-refractivity contribution in [1.82, 2.24) is 4.98 Å². The molecule has 0 amide bonds. The highest BCUT2D eigenvalue weighted by Gasteiger charge is 2.37. The number of ether oxygens (including phenoxy) is 4. The van der Waals surface area contributed by atoms with Crippen molar-refractivity contribution in [3.63, 3.8) is 0 Å². The molecule has 1 aromatic heterocycles. The first-order valence-corrected chi connectivity index (χ1v) is 10.4. The van der Waals surface area contributed by atoms with Crippen molar-refractivity contribution in [3.05, 3.63) is 68.8 Å². The van der Waals surface area contributed by atoms with Crippen molar-refractivity contribution >= 4 is 5.97 Å². The average molecular weight is 531 g/mol. The fourth-order valence-electron chi connectivity index (χ4n) is 3.50. The largest absolute Gasteiger partial charge is 0.491 e. The van der Waals surface area contributed by atoms with Crippen molar-refractivity contribution in [2.24, 2.45) is 0 Å². The third-order valence-corrected chi connectivity index (χ3v) is 5.10. The predicted molar refractivity (Wildman–Crippen MR) is 118 cm³/mol. The maximum atomic E-state index is 14.7. The van der Waals surface area contributed by atoms with Crippen molar-refractivity contribution in [1.29, 1.82) is 0 Å². The summed E-state index contributed by atoms with van der Waals surface area (Å²) >= 11 is 0. The molecule has 0 saturated carbocycles. The number of nitrogens with one attached hydrogen (secondary N) is 1. The standard InChI is InChI=1S/C24H19F6NO6/c1-5-36-23(33)17-19(31-10(2)21(34-3)20(17)32)11-8-14(26)12(24(28,29)30)9-16(11)37-15-7-6-13(25)18(27)22(15)35-4/h6-9H,5H2,1-4H3,(H,31,32). The van der Waals surface area contributed by atoms with E-state index in [1.165, 1.54) is 13.8 Å². The van der Waals surface area contributed by atoms with Crippen LogP contribution in [0.2, 0.25) is 0 Å². The number of carbonyl (C=O) groups is 1. The number of methoxy groups -OCH3 is 2. The molecule has 3 aromatic rings. The van der Waals surface area contributed by atoms with Crippen molar-refractivity contribution in [2.45, 2.75) is 20.0 Å². The van der Waals surface area contributed by atoms with E-state index in [-0.39, 0.29) is 24.1 Å². The Morgan fingerprint density at radius 2 is 1.62 bits per heavy atom. The lowest BCUT2D eigenvalue weighted by atomic mass is 10.0. The van der Waals surface area contributed by atoms with Crippen LogP contribution in [0.5, 0.6) is 23.0 Å². The first-order valence-electron chi connectivity index (χ1n) is 10.4. The molecule has 13 heteroatoms. The number of aryl methyl sites for hydroxylation is 1. The number of aromatic nitrogens is 1. The topological polar surface area (TPSA) is 86.8 Å². The summed E-state index contributed by atoms with van der Waals surface area (Å²) in [6.45, 7) is 2.63. The van der Waals surface area contributed by atoms with Gasteiger partial charge in [0.05, 0.1) is 37.8 Å². The van der Waals surface area contributed by atoms with Crippen molar-refractivity contribution in [2.75, 3.05) is 20.8 Å². The molecular formula is C24H19F6NO6. The number of carbonyl (C=O) groups excluding carboxylic acids is 1. The fourth-order valence-corrected chi connectivity index (χ4v) is 3.50. The van der Waals surface area contributed by atoms with Gasteiger partial charge in [-0.1, -0.05) is 0 Å². The second-order valence-electron chi connectivity index (χ2n) is 7.40. The van der Waals surface area contributed by atoms with Gasteiger partial charge in [0, 0.05) is 5.56 Å². The molecule has 3 rings (SSSR count). The molecule has 2 aromatic carbocycles. The van der Waals surface area contributed by atoms with Gasteiger partial charge in [-0.3, -0.25) is 4.79 Å². The molecule has 0 bridgehead atoms. The van der Waals surface area contributed by atoms with Gasteiger partial charge in [0.25, 0.3) is 0 Å². The molecule has 7 nitrogen and oxygen atoms in total. The van der Waals surface area contributed by atoms with Crippen LogP contribution in [0.4, 0.5) is 26.3 Å². The molecular weight excluding hydrogens is 512 g/mol. The lowest BCUT2D eigenvalue weighted by Gasteiger charge is -2.19. The number of hydrogen-bond acceptors (Lipinski definition) is 6. The number of aromatic amines is 1. The second kappa shape index (κ2) is 10.4. The van der Waals surface area contributed by atoms with Gasteiger partial charge in [0.15, 0.2) is 17.3 Å². The third-order valence-electron chi connectivity index (χ3n) is 5.10. The van der Waals surface area contributed by atoms with Crippen LogP contribution in [0.15, 0.2) is 29.1 Å². The Morgan fingerprint density at radius 3 is 2.19 bits per heavy atom. The normalized spacial score (nSPS) is 11.3. The summed E-state index contributed by atoms with van der Waals surface area (Å²) < 4.78 is 103. The van der Waals surface area contributed by atoms with E-state index in [2.05, 4.69) is 4.98 Å². The highest BCUT2D eigenvalue weighted by Crippen LogP contribution is 2.43. The lowest BCUT2D eigenvalue weighted by molar-refractivity contribution is -0.140. The number of alkyl halides is 3. The minimum absolute atomic E-state index is 0.0345. The number of H-pyrrole nitrogens is 1. The van der Waals surface area contributed by atoms with Crippen LogP contribution in [0.3, 0.4) is 0 Å². The molecule has 198 valence electrons. The molecule has 0 unspecified atom stereocenters. The first kappa shape index (κ1) is 27.4. The molecule has 0 aliphatic rings. The Labute approximate surface area is 205 Å². The van der Waals surface area contributed by atoms with E-state index in [0.29, 0.717) is 12.1 Å². The number of benzene rings is 2. The van der Waals surface area contributed by atoms with Gasteiger partial charge >= 0.3 is 12.1 Å². The van der Waals surface area contributed by atoms with Crippen LogP contribution in [0.1, 0.15) is 28.5 Å². The highest BCUT2D eigenvalue weighted by molar-refractivity contribution is 5.97. The molecule has 37 heavy (non-hydrogen) atoms. The van der Waals surface area contributed by atoms with E-state index >= 15 is 0 Å². The minimum atomic E-state index is -5.19. The monoisotopic (exact) mass is 531 g/mol. The summed E-state index contributed by atoms with van der Waals surface area (Å²) in [7, 11) is 2.11. The molecule has 1 N–H and O–H groups in total. The zero-order chi connectivity index (χ0) is 27.7. The van der Waals surface area contributed by atoms with E-state index in [9.17, 15) is 35.9 Å². The van der Waals surface area contributed by atoms with E-state index in [1.54, 1.807) is 0 Å². The third kappa shape index (κ3) is 5.20. The quantitative estimate of drug-likeness (QED) is 0.308. The zero-order valence-electron chi connectivity index (χ0n) is 19.7. The fraction of sp³-hybridized carbons (Fsp3) is 0.250. The van der Waals surface area contributed by atoms with Crippen LogP contribution in [0, 0.1) is 24.4 Å². The first-order chi connectivity index (χ1) is 17.3. The van der Waals surface area contributed by atoms with E-state index in [0.717, 1.165) is 20.3 Å². The maximum absolute atomic E-state index is 14.7. The Hall–Kier alpha value is -4.16. The number of halogens is 6. The molecule has 0 fully saturated rings. The summed E-state index contributed by atoms with van der Waals surface area (Å²) in [4.78, 5) is 28.3. The summed E-state index contributed by atoms with van der Waals surface area (Å²) in [6.07, 6.45) is -5.19. The molecule has 0 spiro atoms. The highest BCUT2D eigenvalue weighted by atomic mass is 19.4. The number of esters is 1. The van der Waals surface area contributed by atoms with Crippen LogP contribution in [-0.2, 0) is 10.9 Å². The van der Waals surface area contributed by atoms with E-state index in [4.69, 9.17) is 18.9 Å². The van der Waals surface area contributed by atoms with Gasteiger partial charge in [-0.2, -0.15) is 17.6 Å². The van der Waals surface area contributed by atoms with Crippen molar-refractivity contribution < 1.29 is 50.1 Å². The van der Waals surface area contributed by atoms with Gasteiger partial charge in [-0.05, 0) is 38.1 Å². The predicted octanol–water partition coefficient (Wildman–Crippen LogP) is 5.77. The van der Waals surface area contributed by atoms with Crippen LogP contribution < -0.4 is 19.6 Å². The summed E-state index contributed by atoms with van der Waals surface area (Å²) in [5.74, 6) is -8.24. The molecule has 0 aliphatic heterocycles. The molecule has 1 heterocycles. The zero-order valence-corrected chi connectivity index (χ0v) is 19.7. The molecule has 0 saturated heterocycles. The van der Waals surface area contributed by atoms with Crippen molar-refractivity contribution in [3.8, 4) is 34.3 Å². The number of hydrogen-bond donors (Lipinski definition) is 1. The Bertz CT molecular complexity index is 1420. The van der Waals surface area contributed by atoms with Crippen LogP contribution in [-0.4, -0.2) is 31.8 Å². The van der Waals surface area contributed by atoms with Crippen LogP contribution >= 0.6 is 0 Å². The van der Waals surface area contributed by atoms with E-state index in [1.807, 2.05) is 0 Å². The number of pyridine rings is 1. The van der Waals surface area contributed by atoms with E-state index < -0.39 is 74.7 Å². The summed E-state index contributed by atoms with van der Waals surface area (Å²) in [6, 6.07) is 2.12. The summed E-state index contributed by atoms with van der Waals surface area (Å²) in [5, 5.41) is 0. The maximum Gasteiger partial charge on any atom is 0.419 e. The smallest absolute Gasteiger partial charge is 0.419 e. The second-order valence-corrected chi connectivity index (χ2v) is 7.40.